The minimum atomic E-state index is -5.06. The highest BCUT2D eigenvalue weighted by atomic mass is 19.4. The highest BCUT2D eigenvalue weighted by molar-refractivity contribution is 5.76. The molecule has 0 radical (unpaired) electrons. The molecule has 0 atom stereocenters. The Kier molecular flexibility index (Phi) is 4.96. The van der Waals surface area contributed by atoms with E-state index in [0.717, 1.165) is 0 Å². The monoisotopic (exact) mass is 364 g/mol. The van der Waals surface area contributed by atoms with Gasteiger partial charge < -0.3 is 9.47 Å². The molecule has 0 fully saturated rings. The van der Waals surface area contributed by atoms with Gasteiger partial charge in [-0.3, -0.25) is 4.79 Å². The number of benzene rings is 2. The molecule has 25 heavy (non-hydrogen) atoms. The molecule has 0 spiro atoms. The van der Waals surface area contributed by atoms with Crippen LogP contribution in [0.25, 0.3) is 0 Å². The lowest BCUT2D eigenvalue weighted by Crippen LogP contribution is -2.12. The lowest BCUT2D eigenvalue weighted by atomic mass is 10.1. The Bertz CT molecular complexity index is 780. The minimum absolute atomic E-state index is 0.0262. The predicted molar refractivity (Wildman–Crippen MR) is 74.9 cm³/mol. The van der Waals surface area contributed by atoms with Gasteiger partial charge >= 0.3 is 12.4 Å². The van der Waals surface area contributed by atoms with Gasteiger partial charge in [-0.25, -0.2) is 0 Å². The lowest BCUT2D eigenvalue weighted by Gasteiger charge is -2.17. The number of halogens is 6. The van der Waals surface area contributed by atoms with Crippen molar-refractivity contribution >= 4 is 6.29 Å². The Balaban J connectivity index is 2.51. The van der Waals surface area contributed by atoms with E-state index in [0.29, 0.717) is 18.4 Å². The van der Waals surface area contributed by atoms with E-state index in [1.54, 1.807) is 0 Å². The zero-order valence-corrected chi connectivity index (χ0v) is 12.5. The molecule has 0 saturated heterocycles. The van der Waals surface area contributed by atoms with Crippen LogP contribution in [0.5, 0.6) is 17.2 Å². The van der Waals surface area contributed by atoms with Gasteiger partial charge in [0.05, 0.1) is 18.2 Å². The van der Waals surface area contributed by atoms with Crippen molar-refractivity contribution in [3.63, 3.8) is 0 Å². The highest BCUT2D eigenvalue weighted by Crippen LogP contribution is 2.43. The second-order valence-electron chi connectivity index (χ2n) is 4.84. The standard InChI is InChI=1S/C16H10F6O3/c1-24-14-6-9(8-23)2-4-13(14)25-12-5-3-10(15(17,18)19)7-11(12)16(20,21)22/h2-8H,1H3. The fourth-order valence-corrected chi connectivity index (χ4v) is 1.98. The van der Waals surface area contributed by atoms with Gasteiger partial charge in [0, 0.05) is 5.56 Å². The number of ether oxygens (including phenoxy) is 2. The van der Waals surface area contributed by atoms with Crippen LogP contribution in [0.2, 0.25) is 0 Å². The van der Waals surface area contributed by atoms with Crippen LogP contribution in [-0.4, -0.2) is 13.4 Å². The van der Waals surface area contributed by atoms with E-state index >= 15 is 0 Å². The molecule has 0 heterocycles. The van der Waals surface area contributed by atoms with Gasteiger partial charge in [-0.2, -0.15) is 26.3 Å². The number of hydrogen-bond acceptors (Lipinski definition) is 3. The zero-order chi connectivity index (χ0) is 18.8. The Labute approximate surface area is 137 Å². The van der Waals surface area contributed by atoms with Crippen molar-refractivity contribution in [1.82, 2.24) is 0 Å². The summed E-state index contributed by atoms with van der Waals surface area (Å²) in [5, 5.41) is 0. The Hall–Kier alpha value is -2.71. The molecule has 0 bridgehead atoms. The molecule has 2 aromatic carbocycles. The van der Waals surface area contributed by atoms with Crippen molar-refractivity contribution in [3.05, 3.63) is 53.1 Å². The van der Waals surface area contributed by atoms with Crippen LogP contribution in [-0.2, 0) is 12.4 Å². The van der Waals surface area contributed by atoms with Crippen LogP contribution in [0.3, 0.4) is 0 Å². The maximum Gasteiger partial charge on any atom is 0.420 e. The summed E-state index contributed by atoms with van der Waals surface area (Å²) in [5.74, 6) is -1.05. The number of rotatable bonds is 4. The van der Waals surface area contributed by atoms with Crippen molar-refractivity contribution in [2.24, 2.45) is 0 Å². The molecule has 0 aliphatic rings. The molecule has 3 nitrogen and oxygen atoms in total. The van der Waals surface area contributed by atoms with E-state index in [9.17, 15) is 31.1 Å². The molecule has 2 rings (SSSR count). The van der Waals surface area contributed by atoms with Crippen molar-refractivity contribution in [2.45, 2.75) is 12.4 Å². The Morgan fingerprint density at radius 3 is 2.00 bits per heavy atom. The maximum atomic E-state index is 13.1. The third-order valence-corrected chi connectivity index (χ3v) is 3.16. The molecule has 0 aliphatic heterocycles. The first-order valence-electron chi connectivity index (χ1n) is 6.65. The molecule has 0 unspecified atom stereocenters. The molecule has 9 heteroatoms. The van der Waals surface area contributed by atoms with E-state index in [1.807, 2.05) is 0 Å². The smallest absolute Gasteiger partial charge is 0.420 e. The largest absolute Gasteiger partial charge is 0.493 e. The van der Waals surface area contributed by atoms with E-state index in [2.05, 4.69) is 0 Å². The van der Waals surface area contributed by atoms with Crippen molar-refractivity contribution in [3.8, 4) is 17.2 Å². The van der Waals surface area contributed by atoms with Crippen LogP contribution >= 0.6 is 0 Å². The zero-order valence-electron chi connectivity index (χ0n) is 12.5. The predicted octanol–water partition coefficient (Wildman–Crippen LogP) is 5.34. The van der Waals surface area contributed by atoms with E-state index in [1.165, 1.54) is 25.3 Å². The minimum Gasteiger partial charge on any atom is -0.493 e. The van der Waals surface area contributed by atoms with Gasteiger partial charge in [0.15, 0.2) is 11.5 Å². The number of alkyl halides is 6. The molecule has 0 amide bonds. The summed E-state index contributed by atoms with van der Waals surface area (Å²) in [6.07, 6.45) is -9.50. The quantitative estimate of drug-likeness (QED) is 0.543. The first-order valence-corrected chi connectivity index (χ1v) is 6.65. The number of methoxy groups -OCH3 is 1. The SMILES string of the molecule is COc1cc(C=O)ccc1Oc1ccc(C(F)(F)F)cc1C(F)(F)F. The van der Waals surface area contributed by atoms with E-state index in [4.69, 9.17) is 9.47 Å². The Morgan fingerprint density at radius 1 is 0.840 bits per heavy atom. The van der Waals surface area contributed by atoms with Gasteiger partial charge in [-0.1, -0.05) is 0 Å². The summed E-state index contributed by atoms with van der Waals surface area (Å²) in [7, 11) is 1.20. The van der Waals surface area contributed by atoms with Crippen LogP contribution in [0, 0.1) is 0 Å². The number of aldehydes is 1. The lowest BCUT2D eigenvalue weighted by molar-refractivity contribution is -0.143. The van der Waals surface area contributed by atoms with Crippen LogP contribution in [0.4, 0.5) is 26.3 Å². The summed E-state index contributed by atoms with van der Waals surface area (Å²) in [6.45, 7) is 0. The number of carbonyl (C=O) groups is 1. The molecular weight excluding hydrogens is 354 g/mol. The summed E-state index contributed by atoms with van der Waals surface area (Å²) in [5.41, 5.74) is -2.84. The molecule has 0 N–H and O–H groups in total. The number of carbonyl (C=O) groups excluding carboxylic acids is 1. The average molecular weight is 364 g/mol. The van der Waals surface area contributed by atoms with Gasteiger partial charge in [-0.05, 0) is 36.4 Å². The summed E-state index contributed by atoms with van der Waals surface area (Å²) < 4.78 is 87.3. The normalized spacial score (nSPS) is 12.0. The molecule has 0 aliphatic carbocycles. The van der Waals surface area contributed by atoms with E-state index in [-0.39, 0.29) is 23.1 Å². The van der Waals surface area contributed by atoms with Gasteiger partial charge in [0.2, 0.25) is 0 Å². The summed E-state index contributed by atoms with van der Waals surface area (Å²) >= 11 is 0. The number of hydrogen-bond donors (Lipinski definition) is 0. The Morgan fingerprint density at radius 2 is 1.48 bits per heavy atom. The topological polar surface area (TPSA) is 35.5 Å². The molecule has 2 aromatic rings. The maximum absolute atomic E-state index is 13.1. The first-order chi connectivity index (χ1) is 11.6. The third-order valence-electron chi connectivity index (χ3n) is 3.16. The molecular formula is C16H10F6O3. The van der Waals surface area contributed by atoms with Crippen molar-refractivity contribution in [1.29, 1.82) is 0 Å². The summed E-state index contributed by atoms with van der Waals surface area (Å²) in [6, 6.07) is 4.71. The molecule has 134 valence electrons. The van der Waals surface area contributed by atoms with Gasteiger partial charge in [0.1, 0.15) is 12.0 Å². The van der Waals surface area contributed by atoms with Crippen molar-refractivity contribution < 1.29 is 40.6 Å². The first kappa shape index (κ1) is 18.6. The summed E-state index contributed by atoms with van der Waals surface area (Å²) in [4.78, 5) is 10.7. The second kappa shape index (κ2) is 6.66. The van der Waals surface area contributed by atoms with Gasteiger partial charge in [0.25, 0.3) is 0 Å². The van der Waals surface area contributed by atoms with Crippen LogP contribution in [0.15, 0.2) is 36.4 Å². The fraction of sp³-hybridized carbons (Fsp3) is 0.188. The van der Waals surface area contributed by atoms with Crippen LogP contribution < -0.4 is 9.47 Å². The fourth-order valence-electron chi connectivity index (χ4n) is 1.98. The van der Waals surface area contributed by atoms with E-state index < -0.39 is 29.2 Å². The highest BCUT2D eigenvalue weighted by Gasteiger charge is 2.39. The molecule has 0 aromatic heterocycles. The van der Waals surface area contributed by atoms with Crippen molar-refractivity contribution in [2.75, 3.05) is 7.11 Å². The van der Waals surface area contributed by atoms with Crippen LogP contribution in [0.1, 0.15) is 21.5 Å². The van der Waals surface area contributed by atoms with Gasteiger partial charge in [-0.15, -0.1) is 0 Å². The third kappa shape index (κ3) is 4.23. The second-order valence-corrected chi connectivity index (χ2v) is 4.84. The molecule has 0 saturated carbocycles. The average Bonchev–Trinajstić information content (AvgIpc) is 2.53.